The highest BCUT2D eigenvalue weighted by Gasteiger charge is 2.19. The quantitative estimate of drug-likeness (QED) is 0.770. The van der Waals surface area contributed by atoms with Gasteiger partial charge in [0.15, 0.2) is 0 Å². The number of anilines is 3. The summed E-state index contributed by atoms with van der Waals surface area (Å²) in [6, 6.07) is 12.2. The summed E-state index contributed by atoms with van der Waals surface area (Å²) < 4.78 is 0. The molecule has 4 rings (SSSR count). The van der Waals surface area contributed by atoms with Gasteiger partial charge in [0, 0.05) is 37.2 Å². The second-order valence-electron chi connectivity index (χ2n) is 6.05. The molecule has 1 aliphatic rings. The van der Waals surface area contributed by atoms with Gasteiger partial charge in [0.25, 0.3) is 5.91 Å². The first kappa shape index (κ1) is 16.5. The van der Waals surface area contributed by atoms with Crippen molar-refractivity contribution in [1.82, 2.24) is 9.97 Å². The van der Waals surface area contributed by atoms with E-state index in [9.17, 15) is 4.79 Å². The molecule has 26 heavy (non-hydrogen) atoms. The van der Waals surface area contributed by atoms with Crippen molar-refractivity contribution >= 4 is 34.6 Å². The minimum atomic E-state index is -0.140. The molecule has 0 bridgehead atoms. The first-order valence-electron chi connectivity index (χ1n) is 8.50. The van der Waals surface area contributed by atoms with Crippen molar-refractivity contribution in [2.75, 3.05) is 41.3 Å². The number of carbonyl (C=O) groups is 1. The Kier molecular flexibility index (Phi) is 4.79. The lowest BCUT2D eigenvalue weighted by Crippen LogP contribution is -2.47. The van der Waals surface area contributed by atoms with Crippen molar-refractivity contribution in [1.29, 1.82) is 0 Å². The van der Waals surface area contributed by atoms with Crippen LogP contribution in [0.2, 0.25) is 0 Å². The molecule has 0 radical (unpaired) electrons. The fourth-order valence-electron chi connectivity index (χ4n) is 2.95. The van der Waals surface area contributed by atoms with Gasteiger partial charge in [0.1, 0.15) is 0 Å². The van der Waals surface area contributed by atoms with Gasteiger partial charge in [0.2, 0.25) is 5.95 Å². The zero-order valence-electron chi connectivity index (χ0n) is 14.2. The van der Waals surface area contributed by atoms with Gasteiger partial charge in [-0.2, -0.15) is 11.3 Å². The third kappa shape index (κ3) is 3.67. The zero-order valence-corrected chi connectivity index (χ0v) is 15.0. The molecule has 6 nitrogen and oxygen atoms in total. The molecule has 0 unspecified atom stereocenters. The minimum absolute atomic E-state index is 0.140. The van der Waals surface area contributed by atoms with Gasteiger partial charge < -0.3 is 15.1 Å². The highest BCUT2D eigenvalue weighted by molar-refractivity contribution is 7.08. The SMILES string of the molecule is O=C(Nc1cnc(N2CCN(c3ccccc3)CC2)nc1)c1ccsc1. The van der Waals surface area contributed by atoms with Crippen LogP contribution in [0, 0.1) is 0 Å². The van der Waals surface area contributed by atoms with Crippen LogP contribution in [-0.2, 0) is 0 Å². The van der Waals surface area contributed by atoms with E-state index in [1.165, 1.54) is 17.0 Å². The number of benzene rings is 1. The largest absolute Gasteiger partial charge is 0.368 e. The van der Waals surface area contributed by atoms with E-state index in [-0.39, 0.29) is 5.91 Å². The molecule has 1 amide bonds. The Morgan fingerprint density at radius 1 is 0.962 bits per heavy atom. The number of carbonyl (C=O) groups excluding carboxylic acids is 1. The Bertz CT molecular complexity index is 843. The third-order valence-electron chi connectivity index (χ3n) is 4.36. The predicted octanol–water partition coefficient (Wildman–Crippen LogP) is 3.12. The molecule has 1 fully saturated rings. The summed E-state index contributed by atoms with van der Waals surface area (Å²) in [5.41, 5.74) is 2.50. The van der Waals surface area contributed by atoms with E-state index in [0.717, 1.165) is 26.2 Å². The molecule has 0 aliphatic carbocycles. The van der Waals surface area contributed by atoms with Crippen LogP contribution in [0.3, 0.4) is 0 Å². The number of amides is 1. The van der Waals surface area contributed by atoms with Crippen LogP contribution in [0.25, 0.3) is 0 Å². The van der Waals surface area contributed by atoms with E-state index in [1.807, 2.05) is 16.8 Å². The maximum absolute atomic E-state index is 12.1. The van der Waals surface area contributed by atoms with Crippen molar-refractivity contribution in [3.05, 3.63) is 65.1 Å². The monoisotopic (exact) mass is 365 g/mol. The molecular weight excluding hydrogens is 346 g/mol. The van der Waals surface area contributed by atoms with Crippen LogP contribution < -0.4 is 15.1 Å². The smallest absolute Gasteiger partial charge is 0.256 e. The molecular formula is C19H19N5OS. The Morgan fingerprint density at radius 3 is 2.31 bits per heavy atom. The van der Waals surface area contributed by atoms with E-state index < -0.39 is 0 Å². The average molecular weight is 365 g/mol. The molecule has 3 aromatic rings. The first-order valence-corrected chi connectivity index (χ1v) is 9.44. The zero-order chi connectivity index (χ0) is 17.8. The molecule has 0 saturated carbocycles. The first-order chi connectivity index (χ1) is 12.8. The van der Waals surface area contributed by atoms with Crippen LogP contribution >= 0.6 is 11.3 Å². The molecule has 2 aromatic heterocycles. The summed E-state index contributed by atoms with van der Waals surface area (Å²) in [4.78, 5) is 25.4. The molecule has 0 spiro atoms. The van der Waals surface area contributed by atoms with Gasteiger partial charge in [-0.25, -0.2) is 9.97 Å². The molecule has 132 valence electrons. The number of para-hydroxylation sites is 1. The van der Waals surface area contributed by atoms with Crippen LogP contribution in [0.1, 0.15) is 10.4 Å². The number of thiophene rings is 1. The highest BCUT2D eigenvalue weighted by Crippen LogP contribution is 2.18. The molecule has 7 heteroatoms. The number of hydrogen-bond donors (Lipinski definition) is 1. The summed E-state index contributed by atoms with van der Waals surface area (Å²) in [5, 5.41) is 6.51. The van der Waals surface area contributed by atoms with E-state index >= 15 is 0 Å². The maximum atomic E-state index is 12.1. The Balaban J connectivity index is 1.35. The Hall–Kier alpha value is -2.93. The second-order valence-corrected chi connectivity index (χ2v) is 6.83. The van der Waals surface area contributed by atoms with Crippen LogP contribution in [0.15, 0.2) is 59.6 Å². The maximum Gasteiger partial charge on any atom is 0.256 e. The van der Waals surface area contributed by atoms with Gasteiger partial charge >= 0.3 is 0 Å². The normalized spacial score (nSPS) is 14.3. The lowest BCUT2D eigenvalue weighted by molar-refractivity contribution is 0.102. The topological polar surface area (TPSA) is 61.4 Å². The van der Waals surface area contributed by atoms with E-state index in [0.29, 0.717) is 17.2 Å². The summed E-state index contributed by atoms with van der Waals surface area (Å²) in [7, 11) is 0. The van der Waals surface area contributed by atoms with Crippen molar-refractivity contribution < 1.29 is 4.79 Å². The van der Waals surface area contributed by atoms with Crippen molar-refractivity contribution in [3.8, 4) is 0 Å². The molecule has 1 saturated heterocycles. The van der Waals surface area contributed by atoms with Gasteiger partial charge in [-0.15, -0.1) is 0 Å². The van der Waals surface area contributed by atoms with Crippen molar-refractivity contribution in [3.63, 3.8) is 0 Å². The van der Waals surface area contributed by atoms with E-state index in [4.69, 9.17) is 0 Å². The summed E-state index contributed by atoms with van der Waals surface area (Å²) >= 11 is 1.50. The number of aromatic nitrogens is 2. The van der Waals surface area contributed by atoms with Crippen LogP contribution in [0.4, 0.5) is 17.3 Å². The van der Waals surface area contributed by atoms with Crippen molar-refractivity contribution in [2.45, 2.75) is 0 Å². The lowest BCUT2D eigenvalue weighted by atomic mass is 10.2. The highest BCUT2D eigenvalue weighted by atomic mass is 32.1. The summed E-state index contributed by atoms with van der Waals surface area (Å²) in [6.07, 6.45) is 3.33. The lowest BCUT2D eigenvalue weighted by Gasteiger charge is -2.36. The minimum Gasteiger partial charge on any atom is -0.368 e. The van der Waals surface area contributed by atoms with Gasteiger partial charge in [-0.3, -0.25) is 4.79 Å². The molecule has 1 aliphatic heterocycles. The fourth-order valence-corrected chi connectivity index (χ4v) is 3.59. The Morgan fingerprint density at radius 2 is 1.65 bits per heavy atom. The summed E-state index contributed by atoms with van der Waals surface area (Å²) in [6.45, 7) is 3.61. The van der Waals surface area contributed by atoms with Crippen LogP contribution in [0.5, 0.6) is 0 Å². The van der Waals surface area contributed by atoms with Gasteiger partial charge in [-0.1, -0.05) is 18.2 Å². The van der Waals surface area contributed by atoms with Gasteiger partial charge in [0.05, 0.1) is 23.6 Å². The van der Waals surface area contributed by atoms with E-state index in [2.05, 4.69) is 49.4 Å². The van der Waals surface area contributed by atoms with Crippen molar-refractivity contribution in [2.24, 2.45) is 0 Å². The standard InChI is InChI=1S/C19H19N5OS/c25-18(15-6-11-26-14-15)22-16-12-20-19(21-13-16)24-9-7-23(8-10-24)17-4-2-1-3-5-17/h1-6,11-14H,7-10H2,(H,22,25). The molecule has 1 N–H and O–H groups in total. The Labute approximate surface area is 156 Å². The second kappa shape index (κ2) is 7.53. The number of rotatable bonds is 4. The number of piperazine rings is 1. The summed E-state index contributed by atoms with van der Waals surface area (Å²) in [5.74, 6) is 0.560. The fraction of sp³-hybridized carbons (Fsp3) is 0.211. The predicted molar refractivity (Wildman–Crippen MR) is 105 cm³/mol. The molecule has 1 aromatic carbocycles. The molecule has 0 atom stereocenters. The van der Waals surface area contributed by atoms with Crippen LogP contribution in [-0.4, -0.2) is 42.1 Å². The van der Waals surface area contributed by atoms with Gasteiger partial charge in [-0.05, 0) is 23.6 Å². The number of nitrogens with one attached hydrogen (secondary N) is 1. The number of nitrogens with zero attached hydrogens (tertiary/aromatic N) is 4. The van der Waals surface area contributed by atoms with E-state index in [1.54, 1.807) is 18.5 Å². The third-order valence-corrected chi connectivity index (χ3v) is 5.05. The molecule has 3 heterocycles. The number of hydrogen-bond acceptors (Lipinski definition) is 6. The average Bonchev–Trinajstić information content (AvgIpc) is 3.25.